The van der Waals surface area contributed by atoms with Gasteiger partial charge in [0.15, 0.2) is 17.5 Å². The lowest BCUT2D eigenvalue weighted by molar-refractivity contribution is 1.07. The fourth-order valence-electron chi connectivity index (χ4n) is 8.08. The smallest absolute Gasteiger partial charge is 0.164 e. The number of hydrogen-bond acceptors (Lipinski definition) is 5. The monoisotopic (exact) mass is 765 g/mol. The largest absolute Gasteiger partial charge is 0.245 e. The highest BCUT2D eigenvalue weighted by Crippen LogP contribution is 2.39. The van der Waals surface area contributed by atoms with Crippen molar-refractivity contribution in [2.75, 3.05) is 0 Å². The van der Waals surface area contributed by atoms with Crippen LogP contribution in [0.1, 0.15) is 0 Å². The summed E-state index contributed by atoms with van der Waals surface area (Å²) < 4.78 is 0. The van der Waals surface area contributed by atoms with Gasteiger partial charge in [0.1, 0.15) is 0 Å². The Hall–Kier alpha value is -8.15. The summed E-state index contributed by atoms with van der Waals surface area (Å²) in [7, 11) is 0. The van der Waals surface area contributed by atoms with Gasteiger partial charge >= 0.3 is 0 Å². The molecule has 11 aromatic rings. The maximum Gasteiger partial charge on any atom is 0.164 e. The van der Waals surface area contributed by atoms with Crippen molar-refractivity contribution in [3.63, 3.8) is 0 Å². The zero-order valence-corrected chi connectivity index (χ0v) is 32.4. The first kappa shape index (κ1) is 35.0. The van der Waals surface area contributed by atoms with E-state index in [0.29, 0.717) is 17.5 Å². The molecule has 0 amide bonds. The van der Waals surface area contributed by atoms with Crippen LogP contribution in [0.2, 0.25) is 0 Å². The van der Waals surface area contributed by atoms with Crippen molar-refractivity contribution in [3.05, 3.63) is 212 Å². The molecule has 60 heavy (non-hydrogen) atoms. The highest BCUT2D eigenvalue weighted by atomic mass is 15.0. The number of benzene rings is 8. The number of fused-ring (bicyclic) bond motifs is 4. The highest BCUT2D eigenvalue weighted by molar-refractivity contribution is 6.12. The van der Waals surface area contributed by atoms with Crippen LogP contribution in [-0.4, -0.2) is 24.9 Å². The summed E-state index contributed by atoms with van der Waals surface area (Å²) in [5.41, 5.74) is 12.7. The second-order valence-electron chi connectivity index (χ2n) is 14.9. The van der Waals surface area contributed by atoms with E-state index in [1.807, 2.05) is 54.6 Å². The van der Waals surface area contributed by atoms with Crippen molar-refractivity contribution in [2.45, 2.75) is 0 Å². The highest BCUT2D eigenvalue weighted by Gasteiger charge is 2.18. The lowest BCUT2D eigenvalue weighted by Gasteiger charge is -2.15. The molecule has 0 aliphatic rings. The standard InChI is InChI=1S/C55H35N5/c1-4-14-36(15-5-1)37-26-28-42(29-27-37)54-58-53(41-19-8-3-9-20-41)59-55(60-54)44-23-12-22-43(34-44)50-35-48(46-25-13-21-38-16-10-11-24-45(38)46)47-32-30-40-31-33-49(39-17-6-2-7-18-39)56-51(40)52(47)57-50/h1-35H. The topological polar surface area (TPSA) is 64.5 Å². The average Bonchev–Trinajstić information content (AvgIpc) is 3.34. The van der Waals surface area contributed by atoms with Crippen LogP contribution in [0, 0.1) is 0 Å². The minimum atomic E-state index is 0.586. The number of nitrogens with zero attached hydrogens (tertiary/aromatic N) is 5. The summed E-state index contributed by atoms with van der Waals surface area (Å²) in [4.78, 5) is 25.9. The number of hydrogen-bond donors (Lipinski definition) is 0. The molecule has 11 rings (SSSR count). The van der Waals surface area contributed by atoms with Gasteiger partial charge in [-0.2, -0.15) is 0 Å². The van der Waals surface area contributed by atoms with Crippen LogP contribution in [-0.2, 0) is 0 Å². The molecule has 0 spiro atoms. The Labute approximate surface area is 347 Å². The SMILES string of the molecule is c1ccc(-c2ccc(-c3nc(-c4ccccc4)nc(-c4cccc(-c5cc(-c6cccc7ccccc67)c6ccc7ccc(-c8ccccc8)nc7c6n5)c4)n3)cc2)cc1. The van der Waals surface area contributed by atoms with Crippen molar-refractivity contribution in [1.29, 1.82) is 0 Å². The van der Waals surface area contributed by atoms with Gasteiger partial charge in [0.05, 0.1) is 22.4 Å². The van der Waals surface area contributed by atoms with Crippen LogP contribution in [0.25, 0.3) is 112 Å². The van der Waals surface area contributed by atoms with Crippen LogP contribution in [0.5, 0.6) is 0 Å². The average molecular weight is 766 g/mol. The van der Waals surface area contributed by atoms with Gasteiger partial charge < -0.3 is 0 Å². The quantitative estimate of drug-likeness (QED) is 0.151. The zero-order valence-electron chi connectivity index (χ0n) is 32.4. The molecule has 3 aromatic heterocycles. The molecule has 5 heteroatoms. The zero-order chi connectivity index (χ0) is 39.8. The van der Waals surface area contributed by atoms with Crippen LogP contribution in [0.15, 0.2) is 212 Å². The maximum absolute atomic E-state index is 5.46. The Morgan fingerprint density at radius 3 is 1.50 bits per heavy atom. The molecule has 0 aliphatic heterocycles. The Kier molecular flexibility index (Phi) is 8.75. The molecule has 0 N–H and O–H groups in total. The minimum absolute atomic E-state index is 0.586. The molecular formula is C55H35N5. The predicted octanol–water partition coefficient (Wildman–Crippen LogP) is 13.8. The van der Waals surface area contributed by atoms with Crippen LogP contribution < -0.4 is 0 Å². The van der Waals surface area contributed by atoms with Gasteiger partial charge in [0, 0.05) is 38.6 Å². The van der Waals surface area contributed by atoms with E-state index in [1.165, 1.54) is 10.8 Å². The van der Waals surface area contributed by atoms with E-state index in [4.69, 9.17) is 24.9 Å². The van der Waals surface area contributed by atoms with Gasteiger partial charge in [-0.25, -0.2) is 24.9 Å². The summed E-state index contributed by atoms with van der Waals surface area (Å²) in [6, 6.07) is 73.5. The summed E-state index contributed by atoms with van der Waals surface area (Å²) in [6.07, 6.45) is 0. The van der Waals surface area contributed by atoms with Crippen molar-refractivity contribution in [2.24, 2.45) is 0 Å². The summed E-state index contributed by atoms with van der Waals surface area (Å²) in [5.74, 6) is 1.81. The first-order chi connectivity index (χ1) is 29.7. The van der Waals surface area contributed by atoms with E-state index in [-0.39, 0.29) is 0 Å². The molecule has 0 radical (unpaired) electrons. The van der Waals surface area contributed by atoms with Crippen molar-refractivity contribution in [3.8, 4) is 78.9 Å². The van der Waals surface area contributed by atoms with Crippen LogP contribution in [0.3, 0.4) is 0 Å². The van der Waals surface area contributed by atoms with Gasteiger partial charge in [0.2, 0.25) is 0 Å². The fourth-order valence-corrected chi connectivity index (χ4v) is 8.08. The molecule has 280 valence electrons. The second kappa shape index (κ2) is 15.0. The van der Waals surface area contributed by atoms with Crippen molar-refractivity contribution < 1.29 is 0 Å². The van der Waals surface area contributed by atoms with Crippen LogP contribution in [0.4, 0.5) is 0 Å². The molecule has 0 saturated carbocycles. The Morgan fingerprint density at radius 2 is 0.750 bits per heavy atom. The van der Waals surface area contributed by atoms with Gasteiger partial charge in [-0.1, -0.05) is 194 Å². The van der Waals surface area contributed by atoms with E-state index in [1.54, 1.807) is 0 Å². The maximum atomic E-state index is 5.46. The normalized spacial score (nSPS) is 11.3. The van der Waals surface area contributed by atoms with Crippen molar-refractivity contribution >= 4 is 32.6 Å². The molecule has 3 heterocycles. The molecule has 8 aromatic carbocycles. The minimum Gasteiger partial charge on any atom is -0.245 e. The Bertz CT molecular complexity index is 3340. The summed E-state index contributed by atoms with van der Waals surface area (Å²) >= 11 is 0. The third kappa shape index (κ3) is 6.54. The molecular weight excluding hydrogens is 731 g/mol. The van der Waals surface area contributed by atoms with E-state index < -0.39 is 0 Å². The first-order valence-electron chi connectivity index (χ1n) is 20.1. The summed E-state index contributed by atoms with van der Waals surface area (Å²) in [5, 5.41) is 4.45. The van der Waals surface area contributed by atoms with Gasteiger partial charge in [0.25, 0.3) is 0 Å². The molecule has 0 saturated heterocycles. The van der Waals surface area contributed by atoms with E-state index in [9.17, 15) is 0 Å². The van der Waals surface area contributed by atoms with E-state index >= 15 is 0 Å². The van der Waals surface area contributed by atoms with Gasteiger partial charge in [-0.3, -0.25) is 0 Å². The molecule has 5 nitrogen and oxygen atoms in total. The molecule has 0 atom stereocenters. The lowest BCUT2D eigenvalue weighted by Crippen LogP contribution is -2.00. The van der Waals surface area contributed by atoms with Gasteiger partial charge in [-0.15, -0.1) is 0 Å². The van der Waals surface area contributed by atoms with E-state index in [2.05, 4.69) is 158 Å². The Balaban J connectivity index is 1.09. The Morgan fingerprint density at radius 1 is 0.233 bits per heavy atom. The number of rotatable bonds is 7. The third-order valence-corrected chi connectivity index (χ3v) is 11.1. The molecule has 0 bridgehead atoms. The molecule has 0 aliphatic carbocycles. The fraction of sp³-hybridized carbons (Fsp3) is 0. The van der Waals surface area contributed by atoms with Crippen molar-refractivity contribution in [1.82, 2.24) is 24.9 Å². The molecule has 0 unspecified atom stereocenters. The lowest BCUT2D eigenvalue weighted by atomic mass is 9.93. The van der Waals surface area contributed by atoms with Gasteiger partial charge in [-0.05, 0) is 51.2 Å². The predicted molar refractivity (Wildman–Crippen MR) is 246 cm³/mol. The molecule has 0 fully saturated rings. The first-order valence-corrected chi connectivity index (χ1v) is 20.1. The van der Waals surface area contributed by atoms with Crippen LogP contribution >= 0.6 is 0 Å². The van der Waals surface area contributed by atoms with E-state index in [0.717, 1.165) is 83.3 Å². The third-order valence-electron chi connectivity index (χ3n) is 11.1. The summed E-state index contributed by atoms with van der Waals surface area (Å²) in [6.45, 7) is 0. The second-order valence-corrected chi connectivity index (χ2v) is 14.9. The number of pyridine rings is 2. The number of aromatic nitrogens is 5.